The second-order valence-electron chi connectivity index (χ2n) is 4.47. The second kappa shape index (κ2) is 4.76. The molecule has 0 radical (unpaired) electrons. The maximum Gasteiger partial charge on any atom is 0.0836 e. The minimum atomic E-state index is 0.483. The Balaban J connectivity index is 2.13. The fourth-order valence-corrected chi connectivity index (χ4v) is 2.83. The third-order valence-electron chi connectivity index (χ3n) is 3.13. The number of alkyl halides is 1. The van der Waals surface area contributed by atoms with Gasteiger partial charge in [-0.25, -0.2) is 4.68 Å². The average Bonchev–Trinajstić information content (AvgIpc) is 3.09. The third-order valence-corrected chi connectivity index (χ3v) is 3.96. The van der Waals surface area contributed by atoms with Gasteiger partial charge in [-0.15, -0.1) is 11.6 Å². The maximum absolute atomic E-state index is 6.24. The fourth-order valence-electron chi connectivity index (χ4n) is 2.13. The SMILES string of the molecule is ClCc1cnn(-c2ccc(Cl)cc2Cl)c1C1CC1. The van der Waals surface area contributed by atoms with E-state index in [1.54, 1.807) is 6.07 Å². The van der Waals surface area contributed by atoms with Crippen molar-refractivity contribution in [1.82, 2.24) is 9.78 Å². The van der Waals surface area contributed by atoms with E-state index in [1.165, 1.54) is 18.5 Å². The molecule has 0 bridgehead atoms. The molecule has 3 rings (SSSR count). The number of hydrogen-bond acceptors (Lipinski definition) is 1. The Bertz CT molecular complexity index is 588. The van der Waals surface area contributed by atoms with Crippen LogP contribution in [0.1, 0.15) is 30.0 Å². The van der Waals surface area contributed by atoms with Crippen LogP contribution in [-0.4, -0.2) is 9.78 Å². The molecular weight excluding hydrogens is 291 g/mol. The predicted molar refractivity (Wildman–Crippen MR) is 75.1 cm³/mol. The molecule has 2 nitrogen and oxygen atoms in total. The molecule has 2 aromatic rings. The highest BCUT2D eigenvalue weighted by Gasteiger charge is 2.30. The van der Waals surface area contributed by atoms with E-state index in [9.17, 15) is 0 Å². The molecule has 0 N–H and O–H groups in total. The van der Waals surface area contributed by atoms with Gasteiger partial charge in [0.2, 0.25) is 0 Å². The zero-order valence-corrected chi connectivity index (χ0v) is 11.8. The first-order chi connectivity index (χ1) is 8.70. The van der Waals surface area contributed by atoms with Gasteiger partial charge in [-0.1, -0.05) is 23.2 Å². The second-order valence-corrected chi connectivity index (χ2v) is 5.58. The molecule has 18 heavy (non-hydrogen) atoms. The zero-order chi connectivity index (χ0) is 12.7. The van der Waals surface area contributed by atoms with Gasteiger partial charge in [0, 0.05) is 16.5 Å². The Morgan fingerprint density at radius 1 is 1.28 bits per heavy atom. The quantitative estimate of drug-likeness (QED) is 0.745. The lowest BCUT2D eigenvalue weighted by Crippen LogP contribution is -2.03. The molecule has 5 heteroatoms. The van der Waals surface area contributed by atoms with Crippen LogP contribution < -0.4 is 0 Å². The van der Waals surface area contributed by atoms with Gasteiger partial charge in [0.25, 0.3) is 0 Å². The van der Waals surface area contributed by atoms with Gasteiger partial charge < -0.3 is 0 Å². The zero-order valence-electron chi connectivity index (χ0n) is 9.54. The minimum absolute atomic E-state index is 0.483. The van der Waals surface area contributed by atoms with Crippen molar-refractivity contribution >= 4 is 34.8 Å². The lowest BCUT2D eigenvalue weighted by Gasteiger charge is -2.10. The molecule has 1 aromatic heterocycles. The van der Waals surface area contributed by atoms with Crippen molar-refractivity contribution in [3.05, 3.63) is 45.7 Å². The number of aromatic nitrogens is 2. The van der Waals surface area contributed by atoms with Crippen molar-refractivity contribution in [2.45, 2.75) is 24.6 Å². The first-order valence-corrected chi connectivity index (χ1v) is 7.08. The van der Waals surface area contributed by atoms with E-state index in [1.807, 2.05) is 23.0 Å². The van der Waals surface area contributed by atoms with Gasteiger partial charge in [0.1, 0.15) is 0 Å². The minimum Gasteiger partial charge on any atom is -0.236 e. The molecule has 0 atom stereocenters. The van der Waals surface area contributed by atoms with Gasteiger partial charge in [-0.05, 0) is 31.0 Å². The monoisotopic (exact) mass is 300 g/mol. The molecule has 1 aliphatic carbocycles. The van der Waals surface area contributed by atoms with E-state index < -0.39 is 0 Å². The van der Waals surface area contributed by atoms with Crippen LogP contribution in [-0.2, 0) is 5.88 Å². The fraction of sp³-hybridized carbons (Fsp3) is 0.308. The van der Waals surface area contributed by atoms with Crippen LogP contribution >= 0.6 is 34.8 Å². The van der Waals surface area contributed by atoms with E-state index in [4.69, 9.17) is 34.8 Å². The number of rotatable bonds is 3. The van der Waals surface area contributed by atoms with Crippen molar-refractivity contribution in [3.8, 4) is 5.69 Å². The molecule has 0 aliphatic heterocycles. The topological polar surface area (TPSA) is 17.8 Å². The van der Waals surface area contributed by atoms with Crippen LogP contribution in [0.3, 0.4) is 0 Å². The van der Waals surface area contributed by atoms with Crippen molar-refractivity contribution in [1.29, 1.82) is 0 Å². The first-order valence-electron chi connectivity index (χ1n) is 5.79. The standard InChI is InChI=1S/C13H11Cl3N2/c14-6-9-7-17-18(13(9)8-1-2-8)12-4-3-10(15)5-11(12)16/h3-5,7-8H,1-2,6H2. The molecule has 1 aliphatic rings. The van der Waals surface area contributed by atoms with Crippen molar-refractivity contribution in [2.75, 3.05) is 0 Å². The summed E-state index contributed by atoms with van der Waals surface area (Å²) in [5.41, 5.74) is 3.14. The van der Waals surface area contributed by atoms with Crippen molar-refractivity contribution in [2.24, 2.45) is 0 Å². The predicted octanol–water partition coefficient (Wildman–Crippen LogP) is 4.80. The average molecular weight is 302 g/mol. The molecule has 0 saturated heterocycles. The normalized spacial score (nSPS) is 15.1. The summed E-state index contributed by atoms with van der Waals surface area (Å²) >= 11 is 18.1. The Hall–Kier alpha value is -0.700. The summed E-state index contributed by atoms with van der Waals surface area (Å²) in [6.07, 6.45) is 4.22. The summed E-state index contributed by atoms with van der Waals surface area (Å²) in [7, 11) is 0. The van der Waals surface area contributed by atoms with Crippen LogP contribution in [0.5, 0.6) is 0 Å². The van der Waals surface area contributed by atoms with E-state index in [0.29, 0.717) is 21.8 Å². The summed E-state index contributed by atoms with van der Waals surface area (Å²) in [6.45, 7) is 0. The summed E-state index contributed by atoms with van der Waals surface area (Å²) in [5, 5.41) is 5.65. The lowest BCUT2D eigenvalue weighted by atomic mass is 10.2. The Morgan fingerprint density at radius 3 is 2.67 bits per heavy atom. The number of nitrogens with zero attached hydrogens (tertiary/aromatic N) is 2. The maximum atomic E-state index is 6.24. The van der Waals surface area contributed by atoms with E-state index in [0.717, 1.165) is 11.3 Å². The molecular formula is C13H11Cl3N2. The molecule has 0 unspecified atom stereocenters. The van der Waals surface area contributed by atoms with Crippen molar-refractivity contribution < 1.29 is 0 Å². The first kappa shape index (κ1) is 12.3. The highest BCUT2D eigenvalue weighted by atomic mass is 35.5. The van der Waals surface area contributed by atoms with Gasteiger partial charge in [0.15, 0.2) is 0 Å². The van der Waals surface area contributed by atoms with E-state index >= 15 is 0 Å². The highest BCUT2D eigenvalue weighted by molar-refractivity contribution is 6.35. The molecule has 0 spiro atoms. The van der Waals surface area contributed by atoms with Gasteiger partial charge >= 0.3 is 0 Å². The summed E-state index contributed by atoms with van der Waals surface area (Å²) in [6, 6.07) is 5.44. The van der Waals surface area contributed by atoms with Crippen LogP contribution in [0.2, 0.25) is 10.0 Å². The van der Waals surface area contributed by atoms with Gasteiger partial charge in [-0.3, -0.25) is 0 Å². The van der Waals surface area contributed by atoms with Crippen LogP contribution in [0.15, 0.2) is 24.4 Å². The van der Waals surface area contributed by atoms with E-state index in [-0.39, 0.29) is 0 Å². The molecule has 0 amide bonds. The summed E-state index contributed by atoms with van der Waals surface area (Å²) in [4.78, 5) is 0. The molecule has 1 fully saturated rings. The lowest BCUT2D eigenvalue weighted by molar-refractivity contribution is 0.805. The smallest absolute Gasteiger partial charge is 0.0836 e. The Labute approximate surface area is 120 Å². The van der Waals surface area contributed by atoms with E-state index in [2.05, 4.69) is 5.10 Å². The molecule has 1 heterocycles. The summed E-state index contributed by atoms with van der Waals surface area (Å²) in [5.74, 6) is 1.05. The Morgan fingerprint density at radius 2 is 2.06 bits per heavy atom. The van der Waals surface area contributed by atoms with Crippen LogP contribution in [0.25, 0.3) is 5.69 Å². The Kier molecular flexibility index (Phi) is 3.27. The van der Waals surface area contributed by atoms with Gasteiger partial charge in [-0.2, -0.15) is 5.10 Å². The van der Waals surface area contributed by atoms with Crippen LogP contribution in [0.4, 0.5) is 0 Å². The van der Waals surface area contributed by atoms with Gasteiger partial charge in [0.05, 0.1) is 28.5 Å². The number of hydrogen-bond donors (Lipinski definition) is 0. The largest absolute Gasteiger partial charge is 0.236 e. The summed E-state index contributed by atoms with van der Waals surface area (Å²) < 4.78 is 1.90. The molecule has 1 saturated carbocycles. The van der Waals surface area contributed by atoms with Crippen LogP contribution in [0, 0.1) is 0 Å². The third kappa shape index (κ3) is 2.13. The molecule has 94 valence electrons. The van der Waals surface area contributed by atoms with Crippen molar-refractivity contribution in [3.63, 3.8) is 0 Å². The number of halogens is 3. The molecule has 1 aromatic carbocycles. The highest BCUT2D eigenvalue weighted by Crippen LogP contribution is 2.43. The number of benzene rings is 1.